The van der Waals surface area contributed by atoms with Crippen molar-refractivity contribution in [2.75, 3.05) is 18.0 Å². The molecule has 0 spiro atoms. The maximum Gasteiger partial charge on any atom is 0.270 e. The summed E-state index contributed by atoms with van der Waals surface area (Å²) in [6, 6.07) is 6.38. The van der Waals surface area contributed by atoms with Crippen molar-refractivity contribution in [1.29, 1.82) is 5.26 Å². The van der Waals surface area contributed by atoms with Crippen molar-refractivity contribution in [2.24, 2.45) is 5.92 Å². The van der Waals surface area contributed by atoms with Gasteiger partial charge in [0.1, 0.15) is 6.07 Å². The molecular weight excluding hydrogens is 258 g/mol. The Hall–Kier alpha value is -2.13. The van der Waals surface area contributed by atoms with Gasteiger partial charge in [-0.05, 0) is 25.8 Å². The molecule has 106 valence electrons. The quantitative estimate of drug-likeness (QED) is 0.673. The molecule has 0 saturated carbocycles. The predicted octanol–water partition coefficient (Wildman–Crippen LogP) is 2.06. The lowest BCUT2D eigenvalue weighted by Gasteiger charge is -2.36. The third-order valence-electron chi connectivity index (χ3n) is 3.79. The third kappa shape index (κ3) is 2.89. The highest BCUT2D eigenvalue weighted by Crippen LogP contribution is 2.29. The number of anilines is 1. The first-order valence-corrected chi connectivity index (χ1v) is 6.64. The minimum Gasteiger partial charge on any atom is -0.393 e. The monoisotopic (exact) mass is 275 g/mol. The number of nitrogens with zero attached hydrogens (tertiary/aromatic N) is 3. The SMILES string of the molecule is CC(O)C1CCCN(c2ccc([N+](=O)[O-])cc2C#N)C1. The summed E-state index contributed by atoms with van der Waals surface area (Å²) in [7, 11) is 0. The van der Waals surface area contributed by atoms with Crippen LogP contribution < -0.4 is 4.90 Å². The van der Waals surface area contributed by atoms with Gasteiger partial charge in [0.15, 0.2) is 0 Å². The molecule has 1 saturated heterocycles. The topological polar surface area (TPSA) is 90.4 Å². The molecule has 1 heterocycles. The zero-order chi connectivity index (χ0) is 14.7. The molecule has 20 heavy (non-hydrogen) atoms. The Morgan fingerprint density at radius 3 is 2.95 bits per heavy atom. The van der Waals surface area contributed by atoms with Crippen molar-refractivity contribution in [3.8, 4) is 6.07 Å². The number of non-ortho nitro benzene ring substituents is 1. The second-order valence-electron chi connectivity index (χ2n) is 5.16. The van der Waals surface area contributed by atoms with Crippen LogP contribution in [0, 0.1) is 27.4 Å². The van der Waals surface area contributed by atoms with Crippen LogP contribution >= 0.6 is 0 Å². The largest absolute Gasteiger partial charge is 0.393 e. The number of aliphatic hydroxyl groups excluding tert-OH is 1. The van der Waals surface area contributed by atoms with E-state index in [4.69, 9.17) is 0 Å². The summed E-state index contributed by atoms with van der Waals surface area (Å²) in [5.41, 5.74) is 0.947. The van der Waals surface area contributed by atoms with Crippen molar-refractivity contribution in [1.82, 2.24) is 0 Å². The molecule has 0 bridgehead atoms. The van der Waals surface area contributed by atoms with Crippen LogP contribution in [0.15, 0.2) is 18.2 Å². The van der Waals surface area contributed by atoms with E-state index in [1.807, 2.05) is 11.0 Å². The number of rotatable bonds is 3. The Balaban J connectivity index is 2.28. The van der Waals surface area contributed by atoms with Gasteiger partial charge in [0, 0.05) is 31.1 Å². The average molecular weight is 275 g/mol. The third-order valence-corrected chi connectivity index (χ3v) is 3.79. The number of hydrogen-bond donors (Lipinski definition) is 1. The molecule has 2 atom stereocenters. The van der Waals surface area contributed by atoms with E-state index in [9.17, 15) is 20.5 Å². The normalized spacial score (nSPS) is 20.2. The zero-order valence-corrected chi connectivity index (χ0v) is 11.3. The lowest BCUT2D eigenvalue weighted by atomic mass is 9.92. The van der Waals surface area contributed by atoms with E-state index >= 15 is 0 Å². The van der Waals surface area contributed by atoms with Crippen LogP contribution in [-0.4, -0.2) is 29.2 Å². The number of aliphatic hydroxyl groups is 1. The number of nitriles is 1. The van der Waals surface area contributed by atoms with Gasteiger partial charge >= 0.3 is 0 Å². The van der Waals surface area contributed by atoms with Crippen molar-refractivity contribution in [3.05, 3.63) is 33.9 Å². The van der Waals surface area contributed by atoms with Gasteiger partial charge in [-0.2, -0.15) is 5.26 Å². The van der Waals surface area contributed by atoms with Crippen molar-refractivity contribution >= 4 is 11.4 Å². The van der Waals surface area contributed by atoms with E-state index < -0.39 is 4.92 Å². The van der Waals surface area contributed by atoms with Crippen LogP contribution in [0.3, 0.4) is 0 Å². The molecule has 0 radical (unpaired) electrons. The number of nitro groups is 1. The average Bonchev–Trinajstić information content (AvgIpc) is 2.46. The summed E-state index contributed by atoms with van der Waals surface area (Å²) >= 11 is 0. The van der Waals surface area contributed by atoms with Crippen LogP contribution in [0.5, 0.6) is 0 Å². The van der Waals surface area contributed by atoms with Gasteiger partial charge in [-0.25, -0.2) is 0 Å². The van der Waals surface area contributed by atoms with Gasteiger partial charge in [0.05, 0.1) is 22.3 Å². The standard InChI is InChI=1S/C14H17N3O3/c1-10(18)11-3-2-6-16(9-11)14-5-4-13(17(19)20)7-12(14)8-15/h4-5,7,10-11,18H,2-3,6,9H2,1H3. The molecule has 6 nitrogen and oxygen atoms in total. The molecule has 2 unspecified atom stereocenters. The highest BCUT2D eigenvalue weighted by Gasteiger charge is 2.25. The Morgan fingerprint density at radius 2 is 2.35 bits per heavy atom. The molecule has 1 aromatic rings. The molecule has 0 aromatic heterocycles. The van der Waals surface area contributed by atoms with Crippen LogP contribution in [0.25, 0.3) is 0 Å². The summed E-state index contributed by atoms with van der Waals surface area (Å²) in [5.74, 6) is 0.172. The number of piperidine rings is 1. The predicted molar refractivity (Wildman–Crippen MR) is 74.4 cm³/mol. The van der Waals surface area contributed by atoms with Crippen molar-refractivity contribution in [3.63, 3.8) is 0 Å². The van der Waals surface area contributed by atoms with E-state index in [2.05, 4.69) is 0 Å². The van der Waals surface area contributed by atoms with Gasteiger partial charge in [-0.3, -0.25) is 10.1 Å². The first-order valence-electron chi connectivity index (χ1n) is 6.64. The maximum atomic E-state index is 10.7. The molecule has 0 aliphatic carbocycles. The van der Waals surface area contributed by atoms with E-state index in [1.54, 1.807) is 13.0 Å². The fourth-order valence-corrected chi connectivity index (χ4v) is 2.63. The zero-order valence-electron chi connectivity index (χ0n) is 11.3. The van der Waals surface area contributed by atoms with E-state index in [-0.39, 0.29) is 17.7 Å². The van der Waals surface area contributed by atoms with Crippen LogP contribution in [0.2, 0.25) is 0 Å². The first kappa shape index (κ1) is 14.3. The van der Waals surface area contributed by atoms with Crippen LogP contribution in [0.1, 0.15) is 25.3 Å². The highest BCUT2D eigenvalue weighted by atomic mass is 16.6. The molecule has 0 amide bonds. The molecule has 1 aliphatic heterocycles. The van der Waals surface area contributed by atoms with Gasteiger partial charge in [0.2, 0.25) is 0 Å². The minimum absolute atomic E-state index is 0.0746. The van der Waals surface area contributed by atoms with Crippen molar-refractivity contribution in [2.45, 2.75) is 25.9 Å². The summed E-state index contributed by atoms with van der Waals surface area (Å²) in [5, 5.41) is 29.6. The van der Waals surface area contributed by atoms with Gasteiger partial charge < -0.3 is 10.0 Å². The lowest BCUT2D eigenvalue weighted by Crippen LogP contribution is -2.39. The molecule has 1 N–H and O–H groups in total. The first-order chi connectivity index (χ1) is 9.52. The molecule has 1 fully saturated rings. The molecule has 1 aromatic carbocycles. The fourth-order valence-electron chi connectivity index (χ4n) is 2.63. The minimum atomic E-state index is -0.501. The van der Waals surface area contributed by atoms with E-state index in [1.165, 1.54) is 12.1 Å². The van der Waals surface area contributed by atoms with Gasteiger partial charge in [-0.1, -0.05) is 0 Å². The molecular formula is C14H17N3O3. The lowest BCUT2D eigenvalue weighted by molar-refractivity contribution is -0.384. The van der Waals surface area contributed by atoms with Crippen LogP contribution in [0.4, 0.5) is 11.4 Å². The second kappa shape index (κ2) is 5.88. The summed E-state index contributed by atoms with van der Waals surface area (Å²) < 4.78 is 0. The highest BCUT2D eigenvalue weighted by molar-refractivity contribution is 5.63. The maximum absolute atomic E-state index is 10.7. The number of hydrogen-bond acceptors (Lipinski definition) is 5. The Kier molecular flexibility index (Phi) is 4.20. The van der Waals surface area contributed by atoms with Gasteiger partial charge in [0.25, 0.3) is 5.69 Å². The second-order valence-corrected chi connectivity index (χ2v) is 5.16. The van der Waals surface area contributed by atoms with E-state index in [0.29, 0.717) is 17.8 Å². The van der Waals surface area contributed by atoms with Crippen molar-refractivity contribution < 1.29 is 10.0 Å². The Morgan fingerprint density at radius 1 is 1.60 bits per heavy atom. The molecule has 6 heteroatoms. The summed E-state index contributed by atoms with van der Waals surface area (Å²) in [4.78, 5) is 12.3. The summed E-state index contributed by atoms with van der Waals surface area (Å²) in [6.45, 7) is 3.25. The fraction of sp³-hybridized carbons (Fsp3) is 0.500. The van der Waals surface area contributed by atoms with E-state index in [0.717, 1.165) is 19.4 Å². The number of benzene rings is 1. The molecule has 1 aliphatic rings. The van der Waals surface area contributed by atoms with Gasteiger partial charge in [-0.15, -0.1) is 0 Å². The van der Waals surface area contributed by atoms with Crippen LogP contribution in [-0.2, 0) is 0 Å². The Labute approximate surface area is 117 Å². The smallest absolute Gasteiger partial charge is 0.270 e. The molecule has 2 rings (SSSR count). The Bertz CT molecular complexity index is 551. The summed E-state index contributed by atoms with van der Waals surface area (Å²) in [6.07, 6.45) is 1.52. The number of nitro benzene ring substituents is 1.